The summed E-state index contributed by atoms with van der Waals surface area (Å²) >= 11 is 0. The zero-order chi connectivity index (χ0) is 22.2. The molecule has 0 spiro atoms. The number of hydrogen-bond donors (Lipinski definition) is 1. The topological polar surface area (TPSA) is 63.7 Å². The summed E-state index contributed by atoms with van der Waals surface area (Å²) in [7, 11) is 0. The number of rotatable bonds is 4. The summed E-state index contributed by atoms with van der Waals surface area (Å²) in [6, 6.07) is 1.55. The molecule has 6 nitrogen and oxygen atoms in total. The lowest BCUT2D eigenvalue weighted by molar-refractivity contribution is -0.159. The van der Waals surface area contributed by atoms with Crippen molar-refractivity contribution in [3.63, 3.8) is 0 Å². The maximum Gasteiger partial charge on any atom is 0.417 e. The molecule has 4 heterocycles. The van der Waals surface area contributed by atoms with Crippen LogP contribution in [0.15, 0.2) is 12.3 Å². The predicted octanol–water partition coefficient (Wildman–Crippen LogP) is 2.94. The van der Waals surface area contributed by atoms with E-state index < -0.39 is 17.3 Å². The van der Waals surface area contributed by atoms with Crippen molar-refractivity contribution in [3.8, 4) is 0 Å². The number of carbonyl (C=O) groups is 1. The molecule has 0 aliphatic carbocycles. The largest absolute Gasteiger partial charge is 0.417 e. The maximum absolute atomic E-state index is 13.6. The molecule has 31 heavy (non-hydrogen) atoms. The van der Waals surface area contributed by atoms with Crippen LogP contribution in [0.4, 0.5) is 13.2 Å². The molecule has 1 aromatic heterocycles. The highest BCUT2D eigenvalue weighted by molar-refractivity contribution is 5.86. The maximum atomic E-state index is 13.6. The van der Waals surface area contributed by atoms with Crippen LogP contribution in [-0.2, 0) is 33.4 Å². The quantitative estimate of drug-likeness (QED) is 0.779. The first-order chi connectivity index (χ1) is 14.7. The fourth-order valence-electron chi connectivity index (χ4n) is 4.86. The van der Waals surface area contributed by atoms with Crippen LogP contribution in [0.1, 0.15) is 49.9 Å². The number of ether oxygens (including phenoxy) is 2. The molecule has 3 aliphatic rings. The minimum Gasteiger partial charge on any atom is -0.381 e. The van der Waals surface area contributed by atoms with Gasteiger partial charge in [0.05, 0.1) is 12.2 Å². The van der Waals surface area contributed by atoms with Crippen molar-refractivity contribution < 1.29 is 27.4 Å². The molecule has 0 aromatic carbocycles. The molecule has 0 radical (unpaired) electrons. The van der Waals surface area contributed by atoms with Gasteiger partial charge in [-0.15, -0.1) is 0 Å². The molecule has 2 unspecified atom stereocenters. The summed E-state index contributed by atoms with van der Waals surface area (Å²) in [4.78, 5) is 19.2. The van der Waals surface area contributed by atoms with Crippen LogP contribution in [-0.4, -0.2) is 59.8 Å². The van der Waals surface area contributed by atoms with Gasteiger partial charge < -0.3 is 19.7 Å². The van der Waals surface area contributed by atoms with Gasteiger partial charge in [-0.05, 0) is 30.4 Å². The van der Waals surface area contributed by atoms with E-state index >= 15 is 0 Å². The lowest BCUT2D eigenvalue weighted by Crippen LogP contribution is -2.54. The summed E-state index contributed by atoms with van der Waals surface area (Å²) in [6.45, 7) is 6.42. The Morgan fingerprint density at radius 2 is 2.03 bits per heavy atom. The Balaban J connectivity index is 1.48. The number of pyridine rings is 1. The third-order valence-corrected chi connectivity index (χ3v) is 6.73. The van der Waals surface area contributed by atoms with Gasteiger partial charge in [-0.1, -0.05) is 13.8 Å². The van der Waals surface area contributed by atoms with Gasteiger partial charge in [0.15, 0.2) is 5.60 Å². The van der Waals surface area contributed by atoms with Crippen molar-refractivity contribution in [2.24, 2.45) is 5.92 Å². The molecule has 3 aliphatic heterocycles. The van der Waals surface area contributed by atoms with Gasteiger partial charge in [-0.25, -0.2) is 0 Å². The fraction of sp³-hybridized carbons (Fsp3) is 0.727. The molecule has 172 valence electrons. The summed E-state index contributed by atoms with van der Waals surface area (Å²) < 4.78 is 50.9. The standard InChI is InChI=1S/C22H30F3N3O3/c1-14(2)21(10-18(13-31-21)27-17-4-7-30-8-5-17)20(29)28-6-3-19-15(12-28)9-16(11-26-19)22(23,24)25/h9,11,14,17-18,27H,3-8,10,12-13H2,1-2H3. The van der Waals surface area contributed by atoms with Crippen LogP contribution in [0.5, 0.6) is 0 Å². The molecule has 2 saturated heterocycles. The van der Waals surface area contributed by atoms with Crippen molar-refractivity contribution >= 4 is 5.91 Å². The van der Waals surface area contributed by atoms with Gasteiger partial charge in [0.25, 0.3) is 5.91 Å². The predicted molar refractivity (Wildman–Crippen MR) is 107 cm³/mol. The van der Waals surface area contributed by atoms with Crippen molar-refractivity contribution in [1.82, 2.24) is 15.2 Å². The molecule has 2 fully saturated rings. The van der Waals surface area contributed by atoms with Crippen LogP contribution in [0.2, 0.25) is 0 Å². The Hall–Kier alpha value is -1.71. The Morgan fingerprint density at radius 3 is 2.71 bits per heavy atom. The minimum atomic E-state index is -4.45. The SMILES string of the molecule is CC(C)C1(C(=O)N2CCc3ncc(C(F)(F)F)cc3C2)CC(NC2CCOCC2)CO1. The number of nitrogens with one attached hydrogen (secondary N) is 1. The number of alkyl halides is 3. The van der Waals surface area contributed by atoms with Crippen LogP contribution in [0.3, 0.4) is 0 Å². The van der Waals surface area contributed by atoms with Crippen molar-refractivity contribution in [2.75, 3.05) is 26.4 Å². The van der Waals surface area contributed by atoms with Gasteiger partial charge in [-0.2, -0.15) is 13.2 Å². The highest BCUT2D eigenvalue weighted by Gasteiger charge is 2.51. The van der Waals surface area contributed by atoms with Gasteiger partial charge in [-0.3, -0.25) is 9.78 Å². The first kappa shape index (κ1) is 22.5. The van der Waals surface area contributed by atoms with Crippen molar-refractivity contribution in [2.45, 2.75) is 69.9 Å². The second-order valence-corrected chi connectivity index (χ2v) is 9.11. The summed E-state index contributed by atoms with van der Waals surface area (Å²) in [6.07, 6.45) is -0.695. The molecular weight excluding hydrogens is 411 g/mol. The average Bonchev–Trinajstić information content (AvgIpc) is 3.17. The third kappa shape index (κ3) is 4.59. The molecule has 0 saturated carbocycles. The van der Waals surface area contributed by atoms with E-state index in [2.05, 4.69) is 10.3 Å². The summed E-state index contributed by atoms with van der Waals surface area (Å²) in [5, 5.41) is 3.61. The highest BCUT2D eigenvalue weighted by Crippen LogP contribution is 2.37. The zero-order valence-electron chi connectivity index (χ0n) is 18.0. The lowest BCUT2D eigenvalue weighted by atomic mass is 9.84. The molecular formula is C22H30F3N3O3. The monoisotopic (exact) mass is 441 g/mol. The van der Waals surface area contributed by atoms with E-state index in [4.69, 9.17) is 9.47 Å². The second kappa shape index (κ2) is 8.67. The normalized spacial score (nSPS) is 27.5. The molecule has 0 bridgehead atoms. The van der Waals surface area contributed by atoms with Crippen LogP contribution >= 0.6 is 0 Å². The van der Waals surface area contributed by atoms with Gasteiger partial charge in [0, 0.05) is 63.1 Å². The smallest absolute Gasteiger partial charge is 0.381 e. The Bertz CT molecular complexity index is 811. The first-order valence-electron chi connectivity index (χ1n) is 11.0. The van der Waals surface area contributed by atoms with Crippen LogP contribution in [0.25, 0.3) is 0 Å². The third-order valence-electron chi connectivity index (χ3n) is 6.73. The summed E-state index contributed by atoms with van der Waals surface area (Å²) in [5.74, 6) is -0.190. The number of carbonyl (C=O) groups excluding carboxylic acids is 1. The van der Waals surface area contributed by atoms with E-state index in [1.165, 1.54) is 0 Å². The molecule has 9 heteroatoms. The number of halogens is 3. The molecule has 1 aromatic rings. The van der Waals surface area contributed by atoms with Crippen LogP contribution < -0.4 is 5.32 Å². The molecule has 2 atom stereocenters. The fourth-order valence-corrected chi connectivity index (χ4v) is 4.86. The second-order valence-electron chi connectivity index (χ2n) is 9.11. The average molecular weight is 441 g/mol. The van der Waals surface area contributed by atoms with E-state index in [1.807, 2.05) is 13.8 Å². The molecule has 1 amide bonds. The van der Waals surface area contributed by atoms with E-state index in [1.54, 1.807) is 4.90 Å². The first-order valence-corrected chi connectivity index (χ1v) is 11.0. The summed E-state index contributed by atoms with van der Waals surface area (Å²) in [5.41, 5.74) is -0.655. The highest BCUT2D eigenvalue weighted by atomic mass is 19.4. The van der Waals surface area contributed by atoms with Crippen molar-refractivity contribution in [1.29, 1.82) is 0 Å². The van der Waals surface area contributed by atoms with E-state index in [9.17, 15) is 18.0 Å². The molecule has 4 rings (SSSR count). The van der Waals surface area contributed by atoms with E-state index in [-0.39, 0.29) is 24.4 Å². The van der Waals surface area contributed by atoms with Gasteiger partial charge in [0.1, 0.15) is 0 Å². The Kier molecular flexibility index (Phi) is 6.29. The van der Waals surface area contributed by atoms with Gasteiger partial charge in [0.2, 0.25) is 0 Å². The molecule has 1 N–H and O–H groups in total. The number of nitrogens with zero attached hydrogens (tertiary/aromatic N) is 2. The number of amides is 1. The number of hydrogen-bond acceptors (Lipinski definition) is 5. The van der Waals surface area contributed by atoms with E-state index in [0.29, 0.717) is 43.3 Å². The lowest BCUT2D eigenvalue weighted by Gasteiger charge is -2.38. The van der Waals surface area contributed by atoms with Gasteiger partial charge >= 0.3 is 6.18 Å². The Morgan fingerprint density at radius 1 is 1.29 bits per heavy atom. The van der Waals surface area contributed by atoms with Crippen LogP contribution in [0, 0.1) is 5.92 Å². The zero-order valence-corrected chi connectivity index (χ0v) is 18.0. The van der Waals surface area contributed by atoms with E-state index in [0.717, 1.165) is 38.3 Å². The number of aromatic nitrogens is 1. The Labute approximate surface area is 180 Å². The minimum absolute atomic E-state index is 0.0532. The van der Waals surface area contributed by atoms with Crippen molar-refractivity contribution in [3.05, 3.63) is 29.1 Å². The number of fused-ring (bicyclic) bond motifs is 1.